The molecule has 0 unspecified atom stereocenters. The number of aliphatic hydroxyl groups excluding tert-OH is 1. The predicted octanol–water partition coefficient (Wildman–Crippen LogP) is 0.347. The number of nitriles is 1. The van der Waals surface area contributed by atoms with Crippen LogP contribution < -0.4 is 0 Å². The number of hydrogen-bond donors (Lipinski definition) is 1. The Hall–Kier alpha value is -1.34. The first kappa shape index (κ1) is 6.78. The Labute approximate surface area is 57.7 Å². The van der Waals surface area contributed by atoms with Gasteiger partial charge in [-0.25, -0.2) is 4.98 Å². The number of aryl methyl sites for hydroxylation is 1. The van der Waals surface area contributed by atoms with Crippen LogP contribution in [0.25, 0.3) is 0 Å². The zero-order valence-corrected chi connectivity index (χ0v) is 5.46. The van der Waals surface area contributed by atoms with Gasteiger partial charge in [-0.1, -0.05) is 0 Å². The lowest BCUT2D eigenvalue weighted by molar-refractivity contribution is 0.276. The van der Waals surface area contributed by atoms with E-state index >= 15 is 0 Å². The zero-order valence-electron chi connectivity index (χ0n) is 5.46. The monoisotopic (exact) mass is 138 g/mol. The van der Waals surface area contributed by atoms with E-state index in [1.54, 1.807) is 13.0 Å². The Bertz CT molecular complexity index is 272. The van der Waals surface area contributed by atoms with E-state index in [9.17, 15) is 0 Å². The van der Waals surface area contributed by atoms with Crippen molar-refractivity contribution in [2.45, 2.75) is 13.5 Å². The van der Waals surface area contributed by atoms with E-state index in [0.717, 1.165) is 0 Å². The fourth-order valence-corrected chi connectivity index (χ4v) is 0.665. The highest BCUT2D eigenvalue weighted by molar-refractivity contribution is 5.22. The molecule has 4 heteroatoms. The molecule has 0 spiro atoms. The molecule has 0 aliphatic heterocycles. The summed E-state index contributed by atoms with van der Waals surface area (Å²) in [5, 5.41) is 17.0. The maximum Gasteiger partial charge on any atom is 0.229 e. The van der Waals surface area contributed by atoms with Crippen LogP contribution in [0.5, 0.6) is 0 Å². The van der Waals surface area contributed by atoms with Crippen LogP contribution in [0.2, 0.25) is 0 Å². The van der Waals surface area contributed by atoms with Gasteiger partial charge in [0.15, 0.2) is 5.89 Å². The third kappa shape index (κ3) is 0.993. The second-order valence-corrected chi connectivity index (χ2v) is 1.78. The molecule has 0 aliphatic rings. The molecular weight excluding hydrogens is 132 g/mol. The van der Waals surface area contributed by atoms with Crippen LogP contribution in [-0.4, -0.2) is 10.1 Å². The highest BCUT2D eigenvalue weighted by atomic mass is 16.4. The molecule has 0 aromatic carbocycles. The van der Waals surface area contributed by atoms with Crippen molar-refractivity contribution in [3.05, 3.63) is 17.3 Å². The van der Waals surface area contributed by atoms with Gasteiger partial charge in [-0.15, -0.1) is 0 Å². The van der Waals surface area contributed by atoms with Crippen LogP contribution in [-0.2, 0) is 6.61 Å². The second-order valence-electron chi connectivity index (χ2n) is 1.78. The third-order valence-electron chi connectivity index (χ3n) is 1.06. The molecule has 0 bridgehead atoms. The minimum Gasteiger partial charge on any atom is -0.430 e. The Kier molecular flexibility index (Phi) is 1.69. The van der Waals surface area contributed by atoms with Gasteiger partial charge in [0.25, 0.3) is 0 Å². The predicted molar refractivity (Wildman–Crippen MR) is 31.9 cm³/mol. The molecule has 0 saturated heterocycles. The molecule has 52 valence electrons. The zero-order chi connectivity index (χ0) is 7.56. The van der Waals surface area contributed by atoms with Crippen molar-refractivity contribution >= 4 is 0 Å². The van der Waals surface area contributed by atoms with Gasteiger partial charge in [0.05, 0.1) is 6.61 Å². The Morgan fingerprint density at radius 1 is 1.80 bits per heavy atom. The SMILES string of the molecule is Cc1nc(CO)c(C#N)o1. The maximum atomic E-state index is 8.59. The average Bonchev–Trinajstić information content (AvgIpc) is 2.30. The van der Waals surface area contributed by atoms with E-state index < -0.39 is 0 Å². The first-order valence-corrected chi connectivity index (χ1v) is 2.75. The molecule has 0 amide bonds. The second kappa shape index (κ2) is 2.50. The van der Waals surface area contributed by atoms with Crippen LogP contribution in [0.4, 0.5) is 0 Å². The minimum atomic E-state index is -0.250. The van der Waals surface area contributed by atoms with Gasteiger partial charge in [-0.2, -0.15) is 5.26 Å². The highest BCUT2D eigenvalue weighted by Crippen LogP contribution is 2.07. The molecule has 0 aliphatic carbocycles. The first-order chi connectivity index (χ1) is 4.77. The van der Waals surface area contributed by atoms with Crippen molar-refractivity contribution in [1.29, 1.82) is 5.26 Å². The van der Waals surface area contributed by atoms with Crippen molar-refractivity contribution < 1.29 is 9.52 Å². The number of nitrogens with zero attached hydrogens (tertiary/aromatic N) is 2. The summed E-state index contributed by atoms with van der Waals surface area (Å²) in [6, 6.07) is 1.78. The fraction of sp³-hybridized carbons (Fsp3) is 0.333. The third-order valence-corrected chi connectivity index (χ3v) is 1.06. The molecule has 10 heavy (non-hydrogen) atoms. The van der Waals surface area contributed by atoms with Crippen LogP contribution in [0, 0.1) is 18.3 Å². The van der Waals surface area contributed by atoms with Crippen molar-refractivity contribution in [1.82, 2.24) is 4.98 Å². The summed E-state index contributed by atoms with van der Waals surface area (Å²) >= 11 is 0. The molecule has 0 saturated carbocycles. The van der Waals surface area contributed by atoms with Crippen LogP contribution in [0.15, 0.2) is 4.42 Å². The van der Waals surface area contributed by atoms with E-state index in [1.807, 2.05) is 0 Å². The average molecular weight is 138 g/mol. The summed E-state index contributed by atoms with van der Waals surface area (Å²) in [6.07, 6.45) is 0. The molecule has 0 radical (unpaired) electrons. The normalized spacial score (nSPS) is 9.30. The largest absolute Gasteiger partial charge is 0.430 e. The summed E-state index contributed by atoms with van der Waals surface area (Å²) in [4.78, 5) is 3.76. The lowest BCUT2D eigenvalue weighted by Gasteiger charge is -1.81. The molecule has 0 atom stereocenters. The van der Waals surface area contributed by atoms with Gasteiger partial charge in [0.2, 0.25) is 5.76 Å². The summed E-state index contributed by atoms with van der Waals surface area (Å²) in [7, 11) is 0. The molecular formula is C6H6N2O2. The van der Waals surface area contributed by atoms with Gasteiger partial charge >= 0.3 is 0 Å². The number of aromatic nitrogens is 1. The molecule has 1 heterocycles. The van der Waals surface area contributed by atoms with E-state index in [0.29, 0.717) is 11.6 Å². The van der Waals surface area contributed by atoms with Crippen molar-refractivity contribution in [3.63, 3.8) is 0 Å². The topological polar surface area (TPSA) is 70.1 Å². The van der Waals surface area contributed by atoms with E-state index in [1.165, 1.54) is 0 Å². The molecule has 1 aromatic heterocycles. The molecule has 1 N–H and O–H groups in total. The fourth-order valence-electron chi connectivity index (χ4n) is 0.665. The molecule has 0 fully saturated rings. The van der Waals surface area contributed by atoms with Crippen LogP contribution in [0.3, 0.4) is 0 Å². The Balaban J connectivity index is 3.12. The van der Waals surface area contributed by atoms with E-state index in [4.69, 9.17) is 14.8 Å². The van der Waals surface area contributed by atoms with Crippen LogP contribution in [0.1, 0.15) is 17.3 Å². The van der Waals surface area contributed by atoms with Crippen LogP contribution >= 0.6 is 0 Å². The number of oxazole rings is 1. The van der Waals surface area contributed by atoms with E-state index in [-0.39, 0.29) is 12.4 Å². The summed E-state index contributed by atoms with van der Waals surface area (Å²) < 4.78 is 4.82. The molecule has 1 aromatic rings. The number of hydrogen-bond acceptors (Lipinski definition) is 4. The minimum absolute atomic E-state index is 0.0972. The van der Waals surface area contributed by atoms with Gasteiger partial charge in [-0.3, -0.25) is 0 Å². The van der Waals surface area contributed by atoms with Gasteiger partial charge in [0.1, 0.15) is 11.8 Å². The lowest BCUT2D eigenvalue weighted by atomic mass is 10.4. The summed E-state index contributed by atoms with van der Waals surface area (Å²) in [5.41, 5.74) is 0.306. The lowest BCUT2D eigenvalue weighted by Crippen LogP contribution is -1.85. The number of aliphatic hydroxyl groups is 1. The van der Waals surface area contributed by atoms with Crippen molar-refractivity contribution in [2.75, 3.05) is 0 Å². The maximum absolute atomic E-state index is 8.59. The first-order valence-electron chi connectivity index (χ1n) is 2.75. The molecule has 1 rings (SSSR count). The highest BCUT2D eigenvalue weighted by Gasteiger charge is 2.07. The quantitative estimate of drug-likeness (QED) is 0.607. The Morgan fingerprint density at radius 2 is 2.50 bits per heavy atom. The van der Waals surface area contributed by atoms with Gasteiger partial charge < -0.3 is 9.52 Å². The Morgan fingerprint density at radius 3 is 2.90 bits per heavy atom. The number of rotatable bonds is 1. The van der Waals surface area contributed by atoms with Gasteiger partial charge in [-0.05, 0) is 0 Å². The standard InChI is InChI=1S/C6H6N2O2/c1-4-8-5(3-9)6(2-7)10-4/h9H,3H2,1H3. The van der Waals surface area contributed by atoms with Crippen molar-refractivity contribution in [2.24, 2.45) is 0 Å². The van der Waals surface area contributed by atoms with Crippen molar-refractivity contribution in [3.8, 4) is 6.07 Å². The smallest absolute Gasteiger partial charge is 0.229 e. The molecule has 4 nitrogen and oxygen atoms in total. The summed E-state index contributed by atoms with van der Waals surface area (Å²) in [5.74, 6) is 0.501. The van der Waals surface area contributed by atoms with E-state index in [2.05, 4.69) is 4.98 Å². The van der Waals surface area contributed by atoms with Gasteiger partial charge in [0, 0.05) is 6.92 Å². The summed E-state index contributed by atoms with van der Waals surface area (Å²) in [6.45, 7) is 1.38.